The van der Waals surface area contributed by atoms with Crippen LogP contribution in [-0.4, -0.2) is 46.0 Å². The van der Waals surface area contributed by atoms with Crippen molar-refractivity contribution in [1.29, 1.82) is 0 Å². The molecule has 0 bridgehead atoms. The number of halogens is 2. The topological polar surface area (TPSA) is 70.6 Å². The van der Waals surface area contributed by atoms with Crippen LogP contribution in [0, 0.1) is 5.82 Å². The van der Waals surface area contributed by atoms with E-state index in [1.807, 2.05) is 19.1 Å². The molecule has 2 N–H and O–H groups in total. The molecule has 1 atom stereocenters. The van der Waals surface area contributed by atoms with Crippen molar-refractivity contribution in [3.63, 3.8) is 0 Å². The van der Waals surface area contributed by atoms with E-state index in [1.165, 1.54) is 18.4 Å². The van der Waals surface area contributed by atoms with Crippen molar-refractivity contribution in [2.45, 2.75) is 50.5 Å². The Hall–Kier alpha value is -0.900. The van der Waals surface area contributed by atoms with Crippen LogP contribution in [0.5, 0.6) is 0 Å². The molecule has 5 nitrogen and oxygen atoms in total. The lowest BCUT2D eigenvalue weighted by atomic mass is 9.79. The number of guanidine groups is 1. The van der Waals surface area contributed by atoms with Gasteiger partial charge in [0.05, 0.1) is 5.75 Å². The third-order valence-corrected chi connectivity index (χ3v) is 6.12. The van der Waals surface area contributed by atoms with Crippen molar-refractivity contribution < 1.29 is 12.8 Å². The Morgan fingerprint density at radius 1 is 1.26 bits per heavy atom. The Kier molecular flexibility index (Phi) is 9.47. The first-order valence-corrected chi connectivity index (χ1v) is 11.2. The van der Waals surface area contributed by atoms with Crippen molar-refractivity contribution in [3.05, 3.63) is 35.6 Å². The number of benzene rings is 1. The Morgan fingerprint density at radius 2 is 1.85 bits per heavy atom. The Morgan fingerprint density at radius 3 is 2.37 bits per heavy atom. The van der Waals surface area contributed by atoms with E-state index in [0.717, 1.165) is 37.8 Å². The average Bonchev–Trinajstić information content (AvgIpc) is 3.07. The van der Waals surface area contributed by atoms with Crippen LogP contribution in [0.25, 0.3) is 0 Å². The van der Waals surface area contributed by atoms with Crippen molar-refractivity contribution in [1.82, 2.24) is 10.6 Å². The van der Waals surface area contributed by atoms with E-state index in [0.29, 0.717) is 12.4 Å². The molecule has 0 radical (unpaired) electrons. The summed E-state index contributed by atoms with van der Waals surface area (Å²) in [5.41, 5.74) is 1.14. The number of nitrogens with zero attached hydrogens (tertiary/aromatic N) is 1. The third kappa shape index (κ3) is 7.56. The first-order valence-electron chi connectivity index (χ1n) is 9.15. The molecule has 1 unspecified atom stereocenters. The van der Waals surface area contributed by atoms with Gasteiger partial charge in [0.1, 0.15) is 15.7 Å². The molecule has 0 heterocycles. The van der Waals surface area contributed by atoms with E-state index in [4.69, 9.17) is 0 Å². The van der Waals surface area contributed by atoms with Gasteiger partial charge in [-0.3, -0.25) is 4.99 Å². The molecule has 0 spiro atoms. The summed E-state index contributed by atoms with van der Waals surface area (Å²) in [4.78, 5) is 4.26. The highest BCUT2D eigenvalue weighted by atomic mass is 127. The molecule has 1 fully saturated rings. The molecule has 154 valence electrons. The summed E-state index contributed by atoms with van der Waals surface area (Å²) in [5, 5.41) is 6.64. The molecule has 1 aromatic rings. The minimum absolute atomic E-state index is 0. The van der Waals surface area contributed by atoms with E-state index in [-0.39, 0.29) is 47.0 Å². The molecule has 2 rings (SSSR count). The zero-order chi connectivity index (χ0) is 19.2. The van der Waals surface area contributed by atoms with Gasteiger partial charge < -0.3 is 10.6 Å². The summed E-state index contributed by atoms with van der Waals surface area (Å²) in [7, 11) is -1.26. The highest BCUT2D eigenvalue weighted by Gasteiger charge is 2.35. The highest BCUT2D eigenvalue weighted by Crippen LogP contribution is 2.40. The van der Waals surface area contributed by atoms with Gasteiger partial charge in [0.2, 0.25) is 0 Å². The number of hydrogen-bond donors (Lipinski definition) is 2. The summed E-state index contributed by atoms with van der Waals surface area (Å²) < 4.78 is 35.9. The molecule has 1 aromatic carbocycles. The van der Waals surface area contributed by atoms with Crippen LogP contribution in [-0.2, 0) is 15.3 Å². The van der Waals surface area contributed by atoms with Crippen molar-refractivity contribution in [3.8, 4) is 0 Å². The zero-order valence-corrected chi connectivity index (χ0v) is 19.4. The van der Waals surface area contributed by atoms with E-state index in [1.54, 1.807) is 7.05 Å². The summed E-state index contributed by atoms with van der Waals surface area (Å²) in [6, 6.07) is 6.81. The van der Waals surface area contributed by atoms with Gasteiger partial charge in [-0.1, -0.05) is 25.0 Å². The van der Waals surface area contributed by atoms with Gasteiger partial charge in [-0.25, -0.2) is 12.8 Å². The Labute approximate surface area is 179 Å². The third-order valence-electron chi connectivity index (χ3n) is 5.14. The van der Waals surface area contributed by atoms with Gasteiger partial charge in [0.15, 0.2) is 5.96 Å². The SMILES string of the molecule is CN=C(NCC1(c2ccc(F)cc2)CCCC1)NC(C)CCS(C)(=O)=O.I. The number of rotatable bonds is 7. The zero-order valence-electron chi connectivity index (χ0n) is 16.3. The second kappa shape index (κ2) is 10.6. The molecule has 0 amide bonds. The smallest absolute Gasteiger partial charge is 0.191 e. The van der Waals surface area contributed by atoms with Crippen LogP contribution < -0.4 is 10.6 Å². The van der Waals surface area contributed by atoms with Gasteiger partial charge in [0.25, 0.3) is 0 Å². The molecule has 0 aliphatic heterocycles. The number of hydrogen-bond acceptors (Lipinski definition) is 3. The maximum absolute atomic E-state index is 13.3. The van der Waals surface area contributed by atoms with Crippen LogP contribution in [0.1, 0.15) is 44.6 Å². The Bertz CT molecular complexity index is 717. The minimum atomic E-state index is -2.97. The molecule has 8 heteroatoms. The van der Waals surface area contributed by atoms with E-state index < -0.39 is 9.84 Å². The molecule has 0 aromatic heterocycles. The van der Waals surface area contributed by atoms with Gasteiger partial charge in [-0.05, 0) is 43.9 Å². The maximum atomic E-state index is 13.3. The lowest BCUT2D eigenvalue weighted by molar-refractivity contribution is 0.429. The fraction of sp³-hybridized carbons (Fsp3) is 0.632. The van der Waals surface area contributed by atoms with Crippen LogP contribution in [0.15, 0.2) is 29.3 Å². The van der Waals surface area contributed by atoms with E-state index >= 15 is 0 Å². The van der Waals surface area contributed by atoms with Crippen molar-refractivity contribution in [2.75, 3.05) is 25.6 Å². The predicted molar refractivity (Wildman–Crippen MR) is 120 cm³/mol. The highest BCUT2D eigenvalue weighted by molar-refractivity contribution is 14.0. The van der Waals surface area contributed by atoms with Crippen LogP contribution in [0.4, 0.5) is 4.39 Å². The van der Waals surface area contributed by atoms with Crippen LogP contribution in [0.2, 0.25) is 0 Å². The summed E-state index contributed by atoms with van der Waals surface area (Å²) in [6.07, 6.45) is 6.23. The van der Waals surface area contributed by atoms with Gasteiger partial charge >= 0.3 is 0 Å². The van der Waals surface area contributed by atoms with Gasteiger partial charge in [0, 0.05) is 31.3 Å². The number of nitrogens with one attached hydrogen (secondary N) is 2. The molecular formula is C19H31FIN3O2S. The summed E-state index contributed by atoms with van der Waals surface area (Å²) >= 11 is 0. The molecular weight excluding hydrogens is 480 g/mol. The quantitative estimate of drug-likeness (QED) is 0.335. The van der Waals surface area contributed by atoms with Gasteiger partial charge in [-0.2, -0.15) is 0 Å². The first kappa shape index (κ1) is 24.1. The lowest BCUT2D eigenvalue weighted by Gasteiger charge is -2.31. The normalized spacial score (nSPS) is 17.9. The molecule has 27 heavy (non-hydrogen) atoms. The van der Waals surface area contributed by atoms with E-state index in [2.05, 4.69) is 15.6 Å². The summed E-state index contributed by atoms with van der Waals surface area (Å²) in [6.45, 7) is 2.67. The molecule has 1 aliphatic carbocycles. The molecule has 1 saturated carbocycles. The van der Waals surface area contributed by atoms with E-state index in [9.17, 15) is 12.8 Å². The standard InChI is InChI=1S/C19H30FN3O2S.HI/c1-15(10-13-26(3,24)25)23-18(21-2)22-14-19(11-4-5-12-19)16-6-8-17(20)9-7-16;/h6-9,15H,4-5,10-14H2,1-3H3,(H2,21,22,23);1H. The average molecular weight is 511 g/mol. The monoisotopic (exact) mass is 511 g/mol. The second-order valence-electron chi connectivity index (χ2n) is 7.38. The number of aliphatic imine (C=N–C) groups is 1. The van der Waals surface area contributed by atoms with Gasteiger partial charge in [-0.15, -0.1) is 24.0 Å². The summed E-state index contributed by atoms with van der Waals surface area (Å²) in [5.74, 6) is 0.601. The molecule has 1 aliphatic rings. The van der Waals surface area contributed by atoms with Crippen LogP contribution in [0.3, 0.4) is 0 Å². The fourth-order valence-electron chi connectivity index (χ4n) is 3.57. The minimum Gasteiger partial charge on any atom is -0.356 e. The van der Waals surface area contributed by atoms with Crippen LogP contribution >= 0.6 is 24.0 Å². The maximum Gasteiger partial charge on any atom is 0.191 e. The fourth-order valence-corrected chi connectivity index (χ4v) is 4.35. The number of sulfone groups is 1. The van der Waals surface area contributed by atoms with Crippen molar-refractivity contribution in [2.24, 2.45) is 4.99 Å². The lowest BCUT2D eigenvalue weighted by Crippen LogP contribution is -2.47. The Balaban J connectivity index is 0.00000364. The largest absolute Gasteiger partial charge is 0.356 e. The predicted octanol–water partition coefficient (Wildman–Crippen LogP) is 3.24. The van der Waals surface area contributed by atoms with Crippen molar-refractivity contribution >= 4 is 39.8 Å². The second-order valence-corrected chi connectivity index (χ2v) is 9.64. The first-order chi connectivity index (χ1) is 12.2. The molecule has 0 saturated heterocycles.